The first-order chi connectivity index (χ1) is 10.4. The van der Waals surface area contributed by atoms with Gasteiger partial charge in [-0.15, -0.1) is 0 Å². The van der Waals surface area contributed by atoms with E-state index in [-0.39, 0.29) is 5.41 Å². The van der Waals surface area contributed by atoms with Crippen LogP contribution in [0.2, 0.25) is 0 Å². The highest BCUT2D eigenvalue weighted by Crippen LogP contribution is 2.28. The molecule has 0 radical (unpaired) electrons. The molecule has 1 aromatic heterocycles. The molecule has 0 fully saturated rings. The number of hydrogen-bond donors (Lipinski definition) is 0. The maximum Gasteiger partial charge on any atom is 0.167 e. The zero-order valence-corrected chi connectivity index (χ0v) is 13.6. The quantitative estimate of drug-likeness (QED) is 0.613. The van der Waals surface area contributed by atoms with Crippen molar-refractivity contribution in [2.24, 2.45) is 0 Å². The Labute approximate surface area is 131 Å². The molecular weight excluding hydrogens is 270 g/mol. The van der Waals surface area contributed by atoms with Crippen molar-refractivity contribution in [3.63, 3.8) is 0 Å². The van der Waals surface area contributed by atoms with Gasteiger partial charge in [0, 0.05) is 17.2 Å². The van der Waals surface area contributed by atoms with E-state index in [1.54, 1.807) is 0 Å². The van der Waals surface area contributed by atoms with Crippen LogP contribution >= 0.6 is 0 Å². The lowest BCUT2D eigenvalue weighted by molar-refractivity contribution is 0.435. The van der Waals surface area contributed by atoms with Crippen molar-refractivity contribution in [2.75, 3.05) is 0 Å². The molecule has 0 N–H and O–H groups in total. The number of hydrogen-bond acceptors (Lipinski definition) is 2. The molecule has 1 heterocycles. The van der Waals surface area contributed by atoms with Crippen molar-refractivity contribution >= 4 is 0 Å². The lowest BCUT2D eigenvalue weighted by Crippen LogP contribution is -2.10. The minimum atomic E-state index is 0.162. The molecule has 0 saturated carbocycles. The fourth-order valence-electron chi connectivity index (χ4n) is 2.41. The second kappa shape index (κ2) is 5.45. The topological polar surface area (TPSA) is 26.0 Å². The summed E-state index contributed by atoms with van der Waals surface area (Å²) in [7, 11) is 0. The fraction of sp³-hybridized carbons (Fsp3) is 0.250. The fourth-order valence-corrected chi connectivity index (χ4v) is 2.41. The SMILES string of the molecule is Cc1ccc(-c2cc(-c3ccc(C(C)(C)C)cc3)no2)cc1. The Hall–Kier alpha value is -2.35. The molecule has 0 saturated heterocycles. The van der Waals surface area contributed by atoms with E-state index >= 15 is 0 Å². The maximum atomic E-state index is 5.49. The van der Waals surface area contributed by atoms with Gasteiger partial charge in [-0.25, -0.2) is 0 Å². The van der Waals surface area contributed by atoms with Gasteiger partial charge in [-0.1, -0.05) is 80.0 Å². The lowest BCUT2D eigenvalue weighted by atomic mass is 9.86. The van der Waals surface area contributed by atoms with Crippen LogP contribution in [0.4, 0.5) is 0 Å². The van der Waals surface area contributed by atoms with Crippen LogP contribution in [0, 0.1) is 6.92 Å². The Morgan fingerprint density at radius 3 is 2.00 bits per heavy atom. The van der Waals surface area contributed by atoms with Crippen molar-refractivity contribution < 1.29 is 4.52 Å². The van der Waals surface area contributed by atoms with Gasteiger partial charge in [0.15, 0.2) is 5.76 Å². The molecule has 2 aromatic carbocycles. The summed E-state index contributed by atoms with van der Waals surface area (Å²) < 4.78 is 5.49. The summed E-state index contributed by atoms with van der Waals surface area (Å²) in [6, 6.07) is 18.8. The Bertz CT molecular complexity index is 759. The van der Waals surface area contributed by atoms with Crippen molar-refractivity contribution in [3.05, 3.63) is 65.7 Å². The molecule has 0 bridgehead atoms. The second-order valence-electron chi connectivity index (χ2n) is 6.77. The Morgan fingerprint density at radius 1 is 0.818 bits per heavy atom. The summed E-state index contributed by atoms with van der Waals surface area (Å²) in [5.41, 5.74) is 5.72. The normalized spacial score (nSPS) is 11.6. The van der Waals surface area contributed by atoms with Gasteiger partial charge in [0.2, 0.25) is 0 Å². The average Bonchev–Trinajstić information content (AvgIpc) is 2.97. The summed E-state index contributed by atoms with van der Waals surface area (Å²) in [5.74, 6) is 0.801. The van der Waals surface area contributed by atoms with Crippen LogP contribution in [0.25, 0.3) is 22.6 Å². The molecule has 3 aromatic rings. The maximum absolute atomic E-state index is 5.49. The molecule has 0 aliphatic carbocycles. The van der Waals surface area contributed by atoms with E-state index in [4.69, 9.17) is 4.52 Å². The predicted octanol–water partition coefficient (Wildman–Crippen LogP) is 5.61. The van der Waals surface area contributed by atoms with Gasteiger partial charge in [-0.3, -0.25) is 0 Å². The standard InChI is InChI=1S/C20H21NO/c1-14-5-7-16(8-6-14)19-13-18(21-22-19)15-9-11-17(12-10-15)20(2,3)4/h5-13H,1-4H3. The third-order valence-corrected chi connectivity index (χ3v) is 3.89. The number of benzene rings is 2. The van der Waals surface area contributed by atoms with Gasteiger partial charge in [0.05, 0.1) is 0 Å². The number of rotatable bonds is 2. The summed E-state index contributed by atoms with van der Waals surface area (Å²) in [6.07, 6.45) is 0. The Morgan fingerprint density at radius 2 is 1.41 bits per heavy atom. The van der Waals surface area contributed by atoms with Gasteiger partial charge in [0.1, 0.15) is 5.69 Å². The molecule has 0 atom stereocenters. The largest absolute Gasteiger partial charge is 0.356 e. The third-order valence-electron chi connectivity index (χ3n) is 3.89. The van der Waals surface area contributed by atoms with Gasteiger partial charge < -0.3 is 4.52 Å². The second-order valence-corrected chi connectivity index (χ2v) is 6.77. The zero-order chi connectivity index (χ0) is 15.7. The van der Waals surface area contributed by atoms with Gasteiger partial charge in [-0.2, -0.15) is 0 Å². The summed E-state index contributed by atoms with van der Waals surface area (Å²) in [5, 5.41) is 4.20. The van der Waals surface area contributed by atoms with E-state index in [9.17, 15) is 0 Å². The molecular formula is C20H21NO. The molecule has 0 aliphatic heterocycles. The highest BCUT2D eigenvalue weighted by molar-refractivity contribution is 5.67. The Kier molecular flexibility index (Phi) is 3.61. The van der Waals surface area contributed by atoms with Crippen LogP contribution in [0.1, 0.15) is 31.9 Å². The smallest absolute Gasteiger partial charge is 0.167 e. The minimum absolute atomic E-state index is 0.162. The van der Waals surface area contributed by atoms with Crippen molar-refractivity contribution in [3.8, 4) is 22.6 Å². The Balaban J connectivity index is 1.89. The van der Waals surface area contributed by atoms with Gasteiger partial charge >= 0.3 is 0 Å². The number of nitrogens with zero attached hydrogens (tertiary/aromatic N) is 1. The first kappa shape index (κ1) is 14.6. The van der Waals surface area contributed by atoms with E-state index in [1.165, 1.54) is 11.1 Å². The van der Waals surface area contributed by atoms with Crippen LogP contribution in [-0.4, -0.2) is 5.16 Å². The van der Waals surface area contributed by atoms with Crippen molar-refractivity contribution in [1.82, 2.24) is 5.16 Å². The van der Waals surface area contributed by atoms with E-state index in [0.29, 0.717) is 0 Å². The molecule has 2 heteroatoms. The van der Waals surface area contributed by atoms with Gasteiger partial charge in [0.25, 0.3) is 0 Å². The van der Waals surface area contributed by atoms with Crippen LogP contribution in [-0.2, 0) is 5.41 Å². The third kappa shape index (κ3) is 2.96. The average molecular weight is 291 g/mol. The first-order valence-electron chi connectivity index (χ1n) is 7.58. The molecule has 0 spiro atoms. The van der Waals surface area contributed by atoms with E-state index in [0.717, 1.165) is 22.6 Å². The molecule has 0 unspecified atom stereocenters. The minimum Gasteiger partial charge on any atom is -0.356 e. The van der Waals surface area contributed by atoms with Crippen LogP contribution < -0.4 is 0 Å². The summed E-state index contributed by atoms with van der Waals surface area (Å²) in [4.78, 5) is 0. The van der Waals surface area contributed by atoms with Gasteiger partial charge in [-0.05, 0) is 17.9 Å². The van der Waals surface area contributed by atoms with Crippen LogP contribution in [0.5, 0.6) is 0 Å². The van der Waals surface area contributed by atoms with Crippen molar-refractivity contribution in [1.29, 1.82) is 0 Å². The predicted molar refractivity (Wildman–Crippen MR) is 90.8 cm³/mol. The van der Waals surface area contributed by atoms with Crippen LogP contribution in [0.15, 0.2) is 59.1 Å². The first-order valence-corrected chi connectivity index (χ1v) is 7.58. The van der Waals surface area contributed by atoms with Crippen LogP contribution in [0.3, 0.4) is 0 Å². The molecule has 112 valence electrons. The van der Waals surface area contributed by atoms with E-state index in [2.05, 4.69) is 81.4 Å². The summed E-state index contributed by atoms with van der Waals surface area (Å²) in [6.45, 7) is 8.72. The van der Waals surface area contributed by atoms with E-state index < -0.39 is 0 Å². The molecule has 2 nitrogen and oxygen atoms in total. The molecule has 3 rings (SSSR count). The molecule has 0 amide bonds. The molecule has 22 heavy (non-hydrogen) atoms. The monoisotopic (exact) mass is 291 g/mol. The zero-order valence-electron chi connectivity index (χ0n) is 13.6. The highest BCUT2D eigenvalue weighted by Gasteiger charge is 2.14. The highest BCUT2D eigenvalue weighted by atomic mass is 16.5. The van der Waals surface area contributed by atoms with E-state index in [1.807, 2.05) is 6.07 Å². The molecule has 0 aliphatic rings. The number of aryl methyl sites for hydroxylation is 1. The number of aromatic nitrogens is 1. The lowest BCUT2D eigenvalue weighted by Gasteiger charge is -2.18. The van der Waals surface area contributed by atoms with Crippen molar-refractivity contribution in [2.45, 2.75) is 33.1 Å². The summed E-state index contributed by atoms with van der Waals surface area (Å²) >= 11 is 0.